The first-order valence-corrected chi connectivity index (χ1v) is 13.2. The van der Waals surface area contributed by atoms with Crippen LogP contribution in [0.5, 0.6) is 17.2 Å². The Kier molecular flexibility index (Phi) is 4.27. The summed E-state index contributed by atoms with van der Waals surface area (Å²) in [4.78, 5) is 8.23. The quantitative estimate of drug-likeness (QED) is 0.243. The number of methoxy groups -OCH3 is 2. The van der Waals surface area contributed by atoms with Crippen LogP contribution >= 0.6 is 0 Å². The van der Waals surface area contributed by atoms with Crippen molar-refractivity contribution in [3.05, 3.63) is 42.2 Å². The van der Waals surface area contributed by atoms with E-state index in [1.54, 1.807) is 0 Å². The smallest absolute Gasteiger partial charge is 0.163 e. The van der Waals surface area contributed by atoms with Gasteiger partial charge in [0.15, 0.2) is 11.5 Å². The summed E-state index contributed by atoms with van der Waals surface area (Å²) in [7, 11) is -8.64. The highest BCUT2D eigenvalue weighted by molar-refractivity contribution is 6.83. The molecule has 0 aliphatic carbocycles. The number of aromatic hydroxyl groups is 1. The van der Waals surface area contributed by atoms with E-state index < -0.39 is 59.9 Å². The van der Waals surface area contributed by atoms with Gasteiger partial charge >= 0.3 is 0 Å². The van der Waals surface area contributed by atoms with Gasteiger partial charge < -0.3 is 29.4 Å². The summed E-state index contributed by atoms with van der Waals surface area (Å²) >= 11 is 0. The van der Waals surface area contributed by atoms with Crippen LogP contribution in [-0.2, 0) is 9.47 Å². The lowest BCUT2D eigenvalue weighted by Crippen LogP contribution is -2.16. The molecule has 34 heavy (non-hydrogen) atoms. The molecule has 0 fully saturated rings. The molecular weight excluding hydrogens is 450 g/mol. The Morgan fingerprint density at radius 2 is 1.71 bits per heavy atom. The van der Waals surface area contributed by atoms with E-state index in [2.05, 4.69) is 36.2 Å². The Labute approximate surface area is 220 Å². The van der Waals surface area contributed by atoms with Crippen molar-refractivity contribution in [3.63, 3.8) is 0 Å². The third-order valence-corrected chi connectivity index (χ3v) is 4.91. The van der Waals surface area contributed by atoms with Crippen molar-refractivity contribution in [1.82, 2.24) is 9.97 Å². The van der Waals surface area contributed by atoms with E-state index in [0.29, 0.717) is 11.3 Å². The normalized spacial score (nSPS) is 19.6. The number of aromatic nitrogens is 2. The van der Waals surface area contributed by atoms with Gasteiger partial charge in [-0.25, -0.2) is 9.97 Å². The van der Waals surface area contributed by atoms with Crippen LogP contribution in [0.3, 0.4) is 0 Å². The topological polar surface area (TPSA) is 95.0 Å². The molecule has 0 amide bonds. The minimum Gasteiger partial charge on any atom is -0.507 e. The lowest BCUT2D eigenvalue weighted by atomic mass is 10.1. The molecule has 1 heterocycles. The third-order valence-electron chi connectivity index (χ3n) is 4.04. The summed E-state index contributed by atoms with van der Waals surface area (Å²) in [6, 6.07) is 6.34. The van der Waals surface area contributed by atoms with Gasteiger partial charge in [0.1, 0.15) is 39.1 Å². The number of phenolic OH excluding ortho intramolecular Hbond substituents is 1. The Hall–Kier alpha value is -3.32. The number of anilines is 2. The van der Waals surface area contributed by atoms with Crippen LogP contribution in [0.15, 0.2) is 36.7 Å². The summed E-state index contributed by atoms with van der Waals surface area (Å²) in [6.45, 7) is -8.47. The van der Waals surface area contributed by atoms with E-state index in [9.17, 15) is 5.11 Å². The molecule has 0 saturated heterocycles. The van der Waals surface area contributed by atoms with Crippen LogP contribution < -0.4 is 14.8 Å². The molecular formula is C25H31N3O5Si. The molecule has 9 heteroatoms. The average molecular weight is 496 g/mol. The van der Waals surface area contributed by atoms with Crippen molar-refractivity contribution in [1.29, 1.82) is 0 Å². The number of ether oxygens (including phenoxy) is 4. The van der Waals surface area contributed by atoms with E-state index in [-0.39, 0.29) is 22.5 Å². The van der Waals surface area contributed by atoms with Gasteiger partial charge in [0, 0.05) is 31.2 Å². The number of nitrogens with zero attached hydrogens (tertiary/aromatic N) is 2. The molecule has 1 aromatic heterocycles. The van der Waals surface area contributed by atoms with Crippen LogP contribution in [0.4, 0.5) is 11.5 Å². The fourth-order valence-electron chi connectivity index (χ4n) is 2.62. The van der Waals surface area contributed by atoms with Gasteiger partial charge in [-0.05, 0) is 24.3 Å². The van der Waals surface area contributed by atoms with Gasteiger partial charge in [0.05, 0.1) is 43.4 Å². The van der Waals surface area contributed by atoms with Gasteiger partial charge in [-0.2, -0.15) is 0 Å². The number of rotatable bonds is 10. The Morgan fingerprint density at radius 1 is 1.00 bits per heavy atom. The van der Waals surface area contributed by atoms with Crippen LogP contribution in [0.2, 0.25) is 19.6 Å². The third kappa shape index (κ3) is 7.09. The monoisotopic (exact) mass is 495 g/mol. The molecule has 2 N–H and O–H groups in total. The molecule has 0 unspecified atom stereocenters. The standard InChI is InChI=1S/C25H31N3O5Si/c1-30-9-11-32-23-15-20-21(16-24(23)33-12-10-31-2)26-17-27-25(20)28-19-6-7-22(29)18(14-19)8-13-34(3,4)5/h6-7,14-17,29H,9-12H2,1-5H3,(H,26,27,28)/i1D3,2D3,9D2,10D2,11D2,12D2. The van der Waals surface area contributed by atoms with Crippen LogP contribution in [0.25, 0.3) is 10.9 Å². The molecule has 3 rings (SSSR count). The van der Waals surface area contributed by atoms with E-state index in [0.717, 1.165) is 18.5 Å². The van der Waals surface area contributed by atoms with Crippen molar-refractivity contribution >= 4 is 30.5 Å². The minimum absolute atomic E-state index is 0.0255. The maximum Gasteiger partial charge on any atom is 0.163 e. The van der Waals surface area contributed by atoms with Crippen molar-refractivity contribution in [3.8, 4) is 28.7 Å². The van der Waals surface area contributed by atoms with Gasteiger partial charge in [-0.15, -0.1) is 5.54 Å². The molecule has 0 spiro atoms. The molecule has 2 aromatic carbocycles. The van der Waals surface area contributed by atoms with Gasteiger partial charge in [-0.1, -0.05) is 25.6 Å². The fraction of sp³-hybridized carbons (Fsp3) is 0.360. The van der Waals surface area contributed by atoms with Crippen LogP contribution in [0, 0.1) is 11.5 Å². The Morgan fingerprint density at radius 3 is 2.38 bits per heavy atom. The number of benzene rings is 2. The number of phenols is 1. The zero-order valence-corrected chi connectivity index (χ0v) is 19.4. The minimum atomic E-state index is -3.66. The van der Waals surface area contributed by atoms with Gasteiger partial charge in [-0.3, -0.25) is 0 Å². The highest BCUT2D eigenvalue weighted by Crippen LogP contribution is 2.35. The lowest BCUT2D eigenvalue weighted by Gasteiger charge is -2.15. The first kappa shape index (κ1) is 12.4. The Balaban J connectivity index is 2.19. The van der Waals surface area contributed by atoms with E-state index >= 15 is 0 Å². The predicted octanol–water partition coefficient (Wildman–Crippen LogP) is 4.36. The first-order chi connectivity index (χ1) is 21.5. The second-order valence-electron chi connectivity index (χ2n) is 7.71. The maximum absolute atomic E-state index is 10.3. The summed E-state index contributed by atoms with van der Waals surface area (Å²) in [6.07, 6.45) is 1.08. The molecule has 8 nitrogen and oxygen atoms in total. The van der Waals surface area contributed by atoms with E-state index in [1.165, 1.54) is 18.2 Å². The molecule has 0 atom stereocenters. The van der Waals surface area contributed by atoms with Crippen molar-refractivity contribution in [2.24, 2.45) is 0 Å². The molecule has 180 valence electrons. The summed E-state index contributed by atoms with van der Waals surface area (Å²) in [5, 5.41) is 13.3. The Bertz CT molecular complexity index is 1720. The van der Waals surface area contributed by atoms with Crippen LogP contribution in [-0.4, -0.2) is 63.5 Å². The molecule has 0 bridgehead atoms. The van der Waals surface area contributed by atoms with Crippen molar-refractivity contribution < 1.29 is 43.2 Å². The maximum atomic E-state index is 10.3. The second-order valence-corrected chi connectivity index (χ2v) is 12.5. The van der Waals surface area contributed by atoms with Gasteiger partial charge in [0.25, 0.3) is 0 Å². The number of hydrogen-bond acceptors (Lipinski definition) is 8. The number of nitrogens with one attached hydrogen (secondary N) is 1. The zero-order chi connectivity index (χ0) is 36.7. The average Bonchev–Trinajstić information content (AvgIpc) is 2.86. The molecule has 0 aliphatic rings. The zero-order valence-electron chi connectivity index (χ0n) is 32.4. The highest BCUT2D eigenvalue weighted by Gasteiger charge is 2.14. The summed E-state index contributed by atoms with van der Waals surface area (Å²) < 4.78 is 126. The number of hydrogen-bond donors (Lipinski definition) is 2. The summed E-state index contributed by atoms with van der Waals surface area (Å²) in [5.74, 6) is 1.24. The van der Waals surface area contributed by atoms with Crippen molar-refractivity contribution in [2.75, 3.05) is 45.6 Å². The largest absolute Gasteiger partial charge is 0.507 e. The lowest BCUT2D eigenvalue weighted by molar-refractivity contribution is 0.132. The molecule has 0 aliphatic heterocycles. The van der Waals surface area contributed by atoms with E-state index in [4.69, 9.17) is 28.7 Å². The van der Waals surface area contributed by atoms with Gasteiger partial charge in [0.2, 0.25) is 0 Å². The molecule has 0 saturated carbocycles. The first-order valence-electron chi connectivity index (χ1n) is 16.7. The van der Waals surface area contributed by atoms with Crippen molar-refractivity contribution in [2.45, 2.75) is 19.6 Å². The molecule has 0 radical (unpaired) electrons. The number of fused-ring (bicyclic) bond motifs is 1. The second kappa shape index (κ2) is 11.7. The molecule has 3 aromatic rings. The van der Waals surface area contributed by atoms with Crippen LogP contribution in [0.1, 0.15) is 24.8 Å². The fourth-order valence-corrected chi connectivity index (χ4v) is 3.13. The summed E-state index contributed by atoms with van der Waals surface area (Å²) in [5.41, 5.74) is 3.78. The predicted molar refractivity (Wildman–Crippen MR) is 136 cm³/mol. The highest BCUT2D eigenvalue weighted by atomic mass is 28.3. The van der Waals surface area contributed by atoms with E-state index in [1.807, 2.05) is 19.6 Å². The SMILES string of the molecule is [2H]C([2H])([2H])OC([2H])([2H])C([2H])([2H])Oc1cc2ncnc(Nc3ccc(O)c(C#C[Si](C)(C)C)c3)c2cc1OC([2H])([2H])C([2H])([2H])OC([2H])([2H])[2H].